The van der Waals surface area contributed by atoms with Crippen molar-refractivity contribution >= 4 is 11.6 Å². The summed E-state index contributed by atoms with van der Waals surface area (Å²) < 4.78 is 6.70. The van der Waals surface area contributed by atoms with Crippen LogP contribution < -0.4 is 9.64 Å². The summed E-state index contributed by atoms with van der Waals surface area (Å²) in [5.41, 5.74) is 3.83. The lowest BCUT2D eigenvalue weighted by molar-refractivity contribution is -0.120. The highest BCUT2D eigenvalue weighted by Gasteiger charge is 2.56. The third-order valence-electron chi connectivity index (χ3n) is 10.4. The minimum atomic E-state index is -1.28. The quantitative estimate of drug-likeness (QED) is 0.272. The lowest BCUT2D eigenvalue weighted by Crippen LogP contribution is -2.45. The average molecular weight is 624 g/mol. The number of likely N-dealkylation sites (tertiary alicyclic amines) is 2. The van der Waals surface area contributed by atoms with Crippen LogP contribution in [0.25, 0.3) is 0 Å². The van der Waals surface area contributed by atoms with E-state index in [1.165, 1.54) is 25.7 Å². The Morgan fingerprint density at radius 3 is 1.89 bits per heavy atom. The number of ether oxygens (including phenoxy) is 1. The molecule has 2 fully saturated rings. The molecule has 1 atom stereocenters. The highest BCUT2D eigenvalue weighted by molar-refractivity contribution is 6.13. The molecule has 0 aromatic heterocycles. The predicted molar refractivity (Wildman–Crippen MR) is 187 cm³/mol. The number of nitrogens with zero attached hydrogens (tertiary/aromatic N) is 3. The molecule has 6 nitrogen and oxygen atoms in total. The SMILES string of the molecule is CC(C)(C)c1ccc(O)c(C2(c3cc(C(C)(C)C)ccc3OCCN3CCCC3)C(=O)N(CCN3CCCC3)c3ccccc32)c1. The van der Waals surface area contributed by atoms with Crippen molar-refractivity contribution in [2.45, 2.75) is 83.5 Å². The molecule has 2 saturated heterocycles. The maximum absolute atomic E-state index is 15.5. The Morgan fingerprint density at radius 1 is 0.696 bits per heavy atom. The molecule has 0 saturated carbocycles. The van der Waals surface area contributed by atoms with Crippen molar-refractivity contribution in [3.63, 3.8) is 0 Å². The number of fused-ring (bicyclic) bond motifs is 1. The fourth-order valence-corrected chi connectivity index (χ4v) is 7.60. The topological polar surface area (TPSA) is 56.3 Å². The zero-order valence-electron chi connectivity index (χ0n) is 28.9. The first-order valence-electron chi connectivity index (χ1n) is 17.4. The zero-order valence-corrected chi connectivity index (χ0v) is 28.9. The lowest BCUT2D eigenvalue weighted by atomic mass is 9.67. The van der Waals surface area contributed by atoms with E-state index >= 15 is 4.79 Å². The van der Waals surface area contributed by atoms with Crippen molar-refractivity contribution in [1.82, 2.24) is 9.80 Å². The van der Waals surface area contributed by atoms with Crippen LogP contribution in [0, 0.1) is 0 Å². The van der Waals surface area contributed by atoms with Gasteiger partial charge in [0.15, 0.2) is 0 Å². The van der Waals surface area contributed by atoms with Gasteiger partial charge in [-0.3, -0.25) is 9.69 Å². The van der Waals surface area contributed by atoms with E-state index in [9.17, 15) is 5.11 Å². The molecule has 1 amide bonds. The maximum atomic E-state index is 15.5. The van der Waals surface area contributed by atoms with Crippen molar-refractivity contribution in [2.75, 3.05) is 57.3 Å². The normalized spacial score (nSPS) is 20.9. The van der Waals surface area contributed by atoms with Gasteiger partial charge in [-0.25, -0.2) is 0 Å². The summed E-state index contributed by atoms with van der Waals surface area (Å²) >= 11 is 0. The Morgan fingerprint density at radius 2 is 1.26 bits per heavy atom. The molecule has 0 spiro atoms. The first-order valence-corrected chi connectivity index (χ1v) is 17.4. The molecule has 1 N–H and O–H groups in total. The molecule has 3 aliphatic rings. The number of anilines is 1. The van der Waals surface area contributed by atoms with Gasteiger partial charge in [-0.05, 0) is 104 Å². The first-order chi connectivity index (χ1) is 21.9. The van der Waals surface area contributed by atoms with Gasteiger partial charge in [-0.15, -0.1) is 0 Å². The number of carbonyl (C=O) groups is 1. The Labute approximate surface area is 276 Å². The zero-order chi connectivity index (χ0) is 32.7. The summed E-state index contributed by atoms with van der Waals surface area (Å²) in [5.74, 6) is 0.809. The Bertz CT molecular complexity index is 1560. The van der Waals surface area contributed by atoms with Crippen LogP contribution in [0.5, 0.6) is 11.5 Å². The van der Waals surface area contributed by atoms with E-state index in [1.807, 2.05) is 23.1 Å². The number of para-hydroxylation sites is 1. The van der Waals surface area contributed by atoms with Gasteiger partial charge in [0.05, 0.1) is 0 Å². The third-order valence-corrected chi connectivity index (χ3v) is 10.4. The predicted octanol–water partition coefficient (Wildman–Crippen LogP) is 7.24. The number of hydrogen-bond donors (Lipinski definition) is 1. The number of amides is 1. The minimum absolute atomic E-state index is 0.0234. The highest BCUT2D eigenvalue weighted by atomic mass is 16.5. The molecule has 46 heavy (non-hydrogen) atoms. The molecular weight excluding hydrogens is 570 g/mol. The van der Waals surface area contributed by atoms with Crippen LogP contribution in [0.4, 0.5) is 5.69 Å². The van der Waals surface area contributed by atoms with Gasteiger partial charge in [-0.1, -0.05) is 71.9 Å². The van der Waals surface area contributed by atoms with E-state index in [1.54, 1.807) is 6.07 Å². The Hall–Kier alpha value is -3.35. The van der Waals surface area contributed by atoms with Crippen LogP contribution in [-0.4, -0.2) is 73.2 Å². The van der Waals surface area contributed by atoms with E-state index in [-0.39, 0.29) is 22.5 Å². The largest absolute Gasteiger partial charge is 0.508 e. The molecule has 3 aromatic carbocycles. The van der Waals surface area contributed by atoms with Crippen molar-refractivity contribution < 1.29 is 14.6 Å². The molecule has 6 heteroatoms. The number of carbonyl (C=O) groups excluding carboxylic acids is 1. The number of phenolic OH excluding ortho intramolecular Hbond substituents is 1. The van der Waals surface area contributed by atoms with Crippen molar-refractivity contribution in [3.8, 4) is 11.5 Å². The standard InChI is InChI=1S/C40H53N3O3/c1-38(2,3)29-15-17-35(44)32(27-29)40(31-13-7-8-14-34(31)43(37(40)45)24-23-41-19-9-10-20-41)33-28-30(39(4,5)6)16-18-36(33)46-26-25-42-21-11-12-22-42/h7-8,13-18,27-28,44H,9-12,19-26H2,1-6H3. The van der Waals surface area contributed by atoms with Gasteiger partial charge in [0.1, 0.15) is 23.5 Å². The molecule has 246 valence electrons. The van der Waals surface area contributed by atoms with Crippen LogP contribution in [-0.2, 0) is 21.0 Å². The van der Waals surface area contributed by atoms with Crippen LogP contribution in [0.1, 0.15) is 95.0 Å². The second-order valence-corrected chi connectivity index (χ2v) is 15.6. The van der Waals surface area contributed by atoms with Crippen molar-refractivity contribution in [2.24, 2.45) is 0 Å². The van der Waals surface area contributed by atoms with Crippen LogP contribution in [0.3, 0.4) is 0 Å². The molecule has 3 aliphatic heterocycles. The van der Waals surface area contributed by atoms with E-state index < -0.39 is 5.41 Å². The lowest BCUT2D eigenvalue weighted by Gasteiger charge is -2.35. The van der Waals surface area contributed by atoms with Gasteiger partial charge in [-0.2, -0.15) is 0 Å². The van der Waals surface area contributed by atoms with Crippen LogP contribution in [0.15, 0.2) is 60.7 Å². The second kappa shape index (κ2) is 12.7. The van der Waals surface area contributed by atoms with E-state index in [0.29, 0.717) is 24.5 Å². The molecular formula is C40H53N3O3. The van der Waals surface area contributed by atoms with Gasteiger partial charge in [0.2, 0.25) is 5.91 Å². The maximum Gasteiger partial charge on any atom is 0.247 e. The molecule has 6 rings (SSSR count). The van der Waals surface area contributed by atoms with Gasteiger partial charge < -0.3 is 19.6 Å². The molecule has 3 aromatic rings. The Balaban J connectivity index is 1.58. The second-order valence-electron chi connectivity index (χ2n) is 15.6. The first kappa shape index (κ1) is 32.6. The summed E-state index contributed by atoms with van der Waals surface area (Å²) in [5, 5.41) is 11.8. The van der Waals surface area contributed by atoms with Crippen LogP contribution in [0.2, 0.25) is 0 Å². The molecule has 0 bridgehead atoms. The number of hydrogen-bond acceptors (Lipinski definition) is 5. The average Bonchev–Trinajstić information content (AvgIpc) is 3.77. The van der Waals surface area contributed by atoms with Gasteiger partial charge in [0, 0.05) is 42.0 Å². The van der Waals surface area contributed by atoms with Crippen molar-refractivity contribution in [1.29, 1.82) is 0 Å². The van der Waals surface area contributed by atoms with Crippen LogP contribution >= 0.6 is 0 Å². The summed E-state index contributed by atoms with van der Waals surface area (Å²) in [6, 6.07) is 20.4. The van der Waals surface area contributed by atoms with E-state index in [2.05, 4.69) is 87.7 Å². The smallest absolute Gasteiger partial charge is 0.247 e. The fraction of sp³-hybridized carbons (Fsp3) is 0.525. The van der Waals surface area contributed by atoms with E-state index in [0.717, 1.165) is 67.2 Å². The minimum Gasteiger partial charge on any atom is -0.508 e. The monoisotopic (exact) mass is 623 g/mol. The fourth-order valence-electron chi connectivity index (χ4n) is 7.60. The summed E-state index contributed by atoms with van der Waals surface area (Å²) in [7, 11) is 0. The summed E-state index contributed by atoms with van der Waals surface area (Å²) in [4.78, 5) is 22.4. The Kier molecular flexibility index (Phi) is 8.99. The number of aromatic hydroxyl groups is 1. The molecule has 1 unspecified atom stereocenters. The number of phenols is 1. The molecule has 3 heterocycles. The third kappa shape index (κ3) is 6.06. The highest BCUT2D eigenvalue weighted by Crippen LogP contribution is 2.55. The summed E-state index contributed by atoms with van der Waals surface area (Å²) in [6.45, 7) is 20.3. The van der Waals surface area contributed by atoms with Gasteiger partial charge in [0.25, 0.3) is 0 Å². The summed E-state index contributed by atoms with van der Waals surface area (Å²) in [6.07, 6.45) is 4.88. The van der Waals surface area contributed by atoms with Gasteiger partial charge >= 0.3 is 0 Å². The molecule has 0 radical (unpaired) electrons. The number of benzene rings is 3. The van der Waals surface area contributed by atoms with Crippen molar-refractivity contribution in [3.05, 3.63) is 88.5 Å². The molecule has 0 aliphatic carbocycles. The number of rotatable bonds is 9. The van der Waals surface area contributed by atoms with E-state index in [4.69, 9.17) is 4.74 Å².